The summed E-state index contributed by atoms with van der Waals surface area (Å²) in [5, 5.41) is 3.74. The summed E-state index contributed by atoms with van der Waals surface area (Å²) in [5.41, 5.74) is 5.65. The number of fused-ring (bicyclic) bond motifs is 1. The van der Waals surface area contributed by atoms with Gasteiger partial charge in [0.25, 0.3) is 0 Å². The first-order valence-electron chi connectivity index (χ1n) is 12.2. The van der Waals surface area contributed by atoms with E-state index in [4.69, 9.17) is 11.6 Å². The fourth-order valence-corrected chi connectivity index (χ4v) is 5.22. The van der Waals surface area contributed by atoms with Crippen molar-refractivity contribution in [1.29, 1.82) is 0 Å². The van der Waals surface area contributed by atoms with Gasteiger partial charge in [0.1, 0.15) is 5.52 Å². The molecular weight excluding hydrogens is 485 g/mol. The van der Waals surface area contributed by atoms with E-state index in [9.17, 15) is 13.2 Å². The molecule has 4 nitrogen and oxygen atoms in total. The molecule has 0 aliphatic heterocycles. The molecule has 4 aromatic rings. The maximum absolute atomic E-state index is 13.2. The van der Waals surface area contributed by atoms with Crippen molar-refractivity contribution in [3.8, 4) is 11.3 Å². The van der Waals surface area contributed by atoms with Crippen molar-refractivity contribution in [2.24, 2.45) is 5.92 Å². The van der Waals surface area contributed by atoms with Gasteiger partial charge in [-0.3, -0.25) is 0 Å². The molecule has 1 aliphatic carbocycles. The molecule has 1 N–H and O–H groups in total. The van der Waals surface area contributed by atoms with Gasteiger partial charge in [0.15, 0.2) is 5.82 Å². The van der Waals surface area contributed by atoms with Crippen LogP contribution in [0.25, 0.3) is 22.3 Å². The van der Waals surface area contributed by atoms with E-state index in [0.717, 1.165) is 51.1 Å². The van der Waals surface area contributed by atoms with E-state index in [2.05, 4.69) is 32.8 Å². The lowest BCUT2D eigenvalue weighted by Crippen LogP contribution is -2.31. The second-order valence-electron chi connectivity index (χ2n) is 9.79. The quantitative estimate of drug-likeness (QED) is 0.266. The number of hydrogen-bond donors (Lipinski definition) is 1. The Morgan fingerprint density at radius 1 is 1.08 bits per heavy atom. The first kappa shape index (κ1) is 24.6. The van der Waals surface area contributed by atoms with Crippen molar-refractivity contribution in [2.45, 2.75) is 58.8 Å². The van der Waals surface area contributed by atoms with Crippen LogP contribution in [0.4, 0.5) is 19.0 Å². The lowest BCUT2D eigenvalue weighted by molar-refractivity contribution is -0.137. The number of alkyl halides is 3. The summed E-state index contributed by atoms with van der Waals surface area (Å²) >= 11 is 6.38. The van der Waals surface area contributed by atoms with Gasteiger partial charge in [-0.05, 0) is 80.5 Å². The highest BCUT2D eigenvalue weighted by molar-refractivity contribution is 6.29. The molecule has 0 saturated heterocycles. The summed E-state index contributed by atoms with van der Waals surface area (Å²) in [4.78, 5) is 9.15. The molecule has 1 saturated carbocycles. The zero-order chi connectivity index (χ0) is 25.6. The Labute approximate surface area is 213 Å². The van der Waals surface area contributed by atoms with E-state index < -0.39 is 11.7 Å². The smallest absolute Gasteiger partial charge is 0.365 e. The molecular formula is C28H28ClF3N4. The minimum absolute atomic E-state index is 0.163. The summed E-state index contributed by atoms with van der Waals surface area (Å²) < 4.78 is 41.6. The Morgan fingerprint density at radius 2 is 1.81 bits per heavy atom. The van der Waals surface area contributed by atoms with Gasteiger partial charge in [-0.2, -0.15) is 18.2 Å². The number of anilines is 1. The van der Waals surface area contributed by atoms with Gasteiger partial charge in [-0.25, -0.2) is 4.98 Å². The standard InChI is InChI=1S/C28H28ClF3N4/c1-16-6-4-9-21(14-16)24-17(2)23-25(26(35-27(29)34-23)33-18(3)20-7-5-8-20)36(24)15-19-10-12-22(13-11-19)28(30,31)32/h4,6,9-14,18,20H,5,7-8,15H2,1-3H3,(H,33,34,35)/t18-/m1/s1. The molecule has 1 atom stereocenters. The topological polar surface area (TPSA) is 42.7 Å². The molecule has 0 amide bonds. The van der Waals surface area contributed by atoms with Crippen molar-refractivity contribution in [3.05, 3.63) is 76.1 Å². The second kappa shape index (κ2) is 9.43. The number of nitrogens with zero attached hydrogens (tertiary/aromatic N) is 3. The second-order valence-corrected chi connectivity index (χ2v) is 10.1. The summed E-state index contributed by atoms with van der Waals surface area (Å²) in [6.45, 7) is 6.56. The Kier molecular flexibility index (Phi) is 6.45. The van der Waals surface area contributed by atoms with Crippen molar-refractivity contribution < 1.29 is 13.2 Å². The lowest BCUT2D eigenvalue weighted by atomic mass is 9.80. The number of nitrogens with one attached hydrogen (secondary N) is 1. The summed E-state index contributed by atoms with van der Waals surface area (Å²) in [5.74, 6) is 1.22. The molecule has 0 unspecified atom stereocenters. The van der Waals surface area contributed by atoms with Crippen LogP contribution in [0.2, 0.25) is 5.28 Å². The van der Waals surface area contributed by atoms with Crippen LogP contribution in [0.15, 0.2) is 48.5 Å². The number of rotatable bonds is 6. The number of aryl methyl sites for hydroxylation is 2. The molecule has 36 heavy (non-hydrogen) atoms. The normalized spacial score (nSPS) is 15.2. The number of benzene rings is 2. The summed E-state index contributed by atoms with van der Waals surface area (Å²) in [6, 6.07) is 13.7. The van der Waals surface area contributed by atoms with Crippen LogP contribution < -0.4 is 5.32 Å². The van der Waals surface area contributed by atoms with Gasteiger partial charge in [-0.1, -0.05) is 42.3 Å². The molecule has 0 radical (unpaired) electrons. The molecule has 188 valence electrons. The first-order valence-corrected chi connectivity index (χ1v) is 12.6. The average molecular weight is 513 g/mol. The predicted octanol–water partition coefficient (Wildman–Crippen LogP) is 8.04. The zero-order valence-corrected chi connectivity index (χ0v) is 21.2. The maximum atomic E-state index is 13.2. The van der Waals surface area contributed by atoms with E-state index >= 15 is 0 Å². The van der Waals surface area contributed by atoms with Crippen LogP contribution >= 0.6 is 11.6 Å². The largest absolute Gasteiger partial charge is 0.416 e. The predicted molar refractivity (Wildman–Crippen MR) is 138 cm³/mol. The third kappa shape index (κ3) is 4.69. The Hall–Kier alpha value is -3.06. The van der Waals surface area contributed by atoms with E-state index in [1.165, 1.54) is 31.4 Å². The third-order valence-corrected chi connectivity index (χ3v) is 7.41. The van der Waals surface area contributed by atoms with Crippen LogP contribution in [-0.2, 0) is 12.7 Å². The molecule has 2 aromatic carbocycles. The van der Waals surface area contributed by atoms with Gasteiger partial charge < -0.3 is 9.88 Å². The van der Waals surface area contributed by atoms with Gasteiger partial charge in [0.05, 0.1) is 16.8 Å². The van der Waals surface area contributed by atoms with Crippen LogP contribution in [0, 0.1) is 19.8 Å². The summed E-state index contributed by atoms with van der Waals surface area (Å²) in [6.07, 6.45) is -0.786. The molecule has 0 spiro atoms. The van der Waals surface area contributed by atoms with Crippen LogP contribution in [0.1, 0.15) is 48.4 Å². The van der Waals surface area contributed by atoms with Crippen molar-refractivity contribution in [2.75, 3.05) is 5.32 Å². The average Bonchev–Trinajstić information content (AvgIpc) is 3.03. The zero-order valence-electron chi connectivity index (χ0n) is 20.5. The van der Waals surface area contributed by atoms with Gasteiger partial charge >= 0.3 is 6.18 Å². The first-order chi connectivity index (χ1) is 17.1. The molecule has 1 aliphatic rings. The fraction of sp³-hybridized carbons (Fsp3) is 0.357. The Balaban J connectivity index is 1.68. The lowest BCUT2D eigenvalue weighted by Gasteiger charge is -2.32. The number of halogens is 4. The van der Waals surface area contributed by atoms with Crippen LogP contribution in [0.5, 0.6) is 0 Å². The maximum Gasteiger partial charge on any atom is 0.416 e. The summed E-state index contributed by atoms with van der Waals surface area (Å²) in [7, 11) is 0. The fourth-order valence-electron chi connectivity index (χ4n) is 5.05. The molecule has 5 rings (SSSR count). The van der Waals surface area contributed by atoms with Crippen molar-refractivity contribution in [3.63, 3.8) is 0 Å². The van der Waals surface area contributed by atoms with Gasteiger partial charge in [-0.15, -0.1) is 0 Å². The van der Waals surface area contributed by atoms with Crippen LogP contribution in [-0.4, -0.2) is 20.6 Å². The highest BCUT2D eigenvalue weighted by Gasteiger charge is 2.30. The molecule has 1 fully saturated rings. The Morgan fingerprint density at radius 3 is 2.42 bits per heavy atom. The van der Waals surface area contributed by atoms with Gasteiger partial charge in [0.2, 0.25) is 5.28 Å². The number of aromatic nitrogens is 3. The van der Waals surface area contributed by atoms with Gasteiger partial charge in [0, 0.05) is 18.2 Å². The molecule has 0 bridgehead atoms. The molecule has 8 heteroatoms. The number of hydrogen-bond acceptors (Lipinski definition) is 3. The van der Waals surface area contributed by atoms with Crippen molar-refractivity contribution >= 4 is 28.5 Å². The van der Waals surface area contributed by atoms with Crippen LogP contribution in [0.3, 0.4) is 0 Å². The monoisotopic (exact) mass is 512 g/mol. The Bertz CT molecular complexity index is 1410. The SMILES string of the molecule is Cc1cccc(-c2c(C)c3nc(Cl)nc(N[C@H](C)C4CCC4)c3n2Cc2ccc(C(F)(F)F)cc2)c1. The van der Waals surface area contributed by atoms with E-state index in [0.29, 0.717) is 18.3 Å². The van der Waals surface area contributed by atoms with E-state index in [1.54, 1.807) is 0 Å². The third-order valence-electron chi connectivity index (χ3n) is 7.24. The van der Waals surface area contributed by atoms with E-state index in [-0.39, 0.29) is 11.3 Å². The minimum atomic E-state index is -4.37. The van der Waals surface area contributed by atoms with Crippen molar-refractivity contribution in [1.82, 2.24) is 14.5 Å². The molecule has 2 heterocycles. The molecule has 2 aromatic heterocycles. The minimum Gasteiger partial charge on any atom is -0.365 e. The highest BCUT2D eigenvalue weighted by atomic mass is 35.5. The van der Waals surface area contributed by atoms with E-state index in [1.807, 2.05) is 32.0 Å². The highest BCUT2D eigenvalue weighted by Crippen LogP contribution is 2.39.